The molecule has 0 atom stereocenters. The number of fused-ring (bicyclic) bond motifs is 1. The largest absolute Gasteiger partial charge is 0.319 e. The van der Waals surface area contributed by atoms with Crippen LogP contribution in [0.25, 0.3) is 0 Å². The van der Waals surface area contributed by atoms with Crippen LogP contribution < -0.4 is 5.32 Å². The van der Waals surface area contributed by atoms with Gasteiger partial charge in [-0.05, 0) is 13.6 Å². The van der Waals surface area contributed by atoms with Gasteiger partial charge < -0.3 is 5.32 Å². The van der Waals surface area contributed by atoms with Crippen molar-refractivity contribution < 1.29 is 0 Å². The van der Waals surface area contributed by atoms with Gasteiger partial charge in [-0.1, -0.05) is 6.92 Å². The molecule has 2 heterocycles. The molecule has 0 amide bonds. The molecule has 3 nitrogen and oxygen atoms in total. The molecule has 2 rings (SSSR count). The van der Waals surface area contributed by atoms with Crippen LogP contribution in [0.3, 0.4) is 0 Å². The fourth-order valence-corrected chi connectivity index (χ4v) is 3.07. The highest BCUT2D eigenvalue weighted by atomic mass is 32.1. The number of aromatic nitrogens is 1. The number of nitrogens with one attached hydrogen (secondary N) is 1. The molecule has 4 heteroatoms. The molecule has 0 spiro atoms. The Morgan fingerprint density at radius 1 is 1.53 bits per heavy atom. The van der Waals surface area contributed by atoms with Crippen LogP contribution in [-0.2, 0) is 19.4 Å². The van der Waals surface area contributed by atoms with Gasteiger partial charge in [0, 0.05) is 37.4 Å². The van der Waals surface area contributed by atoms with Gasteiger partial charge in [0.15, 0.2) is 0 Å². The van der Waals surface area contributed by atoms with Gasteiger partial charge >= 0.3 is 0 Å². The second-order valence-corrected chi connectivity index (χ2v) is 5.12. The van der Waals surface area contributed by atoms with Crippen LogP contribution in [0.15, 0.2) is 0 Å². The van der Waals surface area contributed by atoms with Crippen molar-refractivity contribution in [1.29, 1.82) is 0 Å². The van der Waals surface area contributed by atoms with Crippen LogP contribution in [0.5, 0.6) is 0 Å². The van der Waals surface area contributed by atoms with Crippen molar-refractivity contribution in [1.82, 2.24) is 15.2 Å². The van der Waals surface area contributed by atoms with Crippen molar-refractivity contribution >= 4 is 11.3 Å². The average molecular weight is 225 g/mol. The summed E-state index contributed by atoms with van der Waals surface area (Å²) in [5, 5.41) is 4.47. The minimum Gasteiger partial charge on any atom is -0.319 e. The highest BCUT2D eigenvalue weighted by Gasteiger charge is 2.18. The zero-order valence-electron chi connectivity index (χ0n) is 9.55. The summed E-state index contributed by atoms with van der Waals surface area (Å²) >= 11 is 1.90. The Morgan fingerprint density at radius 3 is 3.13 bits per heavy atom. The smallest absolute Gasteiger partial charge is 0.0944 e. The third-order valence-electron chi connectivity index (χ3n) is 2.89. The molecule has 0 fully saturated rings. The Hall–Kier alpha value is -0.450. The normalized spacial score (nSPS) is 16.7. The van der Waals surface area contributed by atoms with E-state index >= 15 is 0 Å². The summed E-state index contributed by atoms with van der Waals surface area (Å²) in [6.45, 7) is 6.71. The molecule has 0 aromatic carbocycles. The van der Waals surface area contributed by atoms with Gasteiger partial charge in [0.2, 0.25) is 0 Å². The van der Waals surface area contributed by atoms with E-state index in [0.717, 1.165) is 32.5 Å². The molecule has 0 unspecified atom stereocenters. The fraction of sp³-hybridized carbons (Fsp3) is 0.727. The van der Waals surface area contributed by atoms with E-state index in [1.807, 2.05) is 18.4 Å². The first-order valence-electron chi connectivity index (χ1n) is 5.68. The molecule has 1 aromatic rings. The molecule has 1 aliphatic heterocycles. The molecule has 1 aliphatic rings. The highest BCUT2D eigenvalue weighted by Crippen LogP contribution is 2.25. The molecular weight excluding hydrogens is 206 g/mol. The van der Waals surface area contributed by atoms with Crippen LogP contribution in [0.2, 0.25) is 0 Å². The lowest BCUT2D eigenvalue weighted by Crippen LogP contribution is -2.29. The molecule has 0 radical (unpaired) electrons. The summed E-state index contributed by atoms with van der Waals surface area (Å²) in [5.74, 6) is 0. The predicted octanol–water partition coefficient (Wildman–Crippen LogP) is 1.28. The van der Waals surface area contributed by atoms with Crippen LogP contribution in [0, 0.1) is 0 Å². The van der Waals surface area contributed by atoms with Gasteiger partial charge in [-0.2, -0.15) is 0 Å². The Morgan fingerprint density at radius 2 is 2.40 bits per heavy atom. The van der Waals surface area contributed by atoms with Crippen LogP contribution in [0.1, 0.15) is 22.5 Å². The van der Waals surface area contributed by atoms with Gasteiger partial charge in [0.05, 0.1) is 10.7 Å². The third kappa shape index (κ3) is 2.56. The molecule has 0 saturated carbocycles. The first-order chi connectivity index (χ1) is 7.33. The molecule has 1 N–H and O–H groups in total. The standard InChI is InChI=1S/C11H19N3S/c1-3-14-7-5-9-10(8-14)15-11(13-9)4-6-12-2/h12H,3-8H2,1-2H3. The fourth-order valence-electron chi connectivity index (χ4n) is 1.91. The Balaban J connectivity index is 2.04. The Bertz CT molecular complexity index is 322. The predicted molar refractivity (Wildman–Crippen MR) is 64.4 cm³/mol. The third-order valence-corrected chi connectivity index (χ3v) is 4.03. The van der Waals surface area contributed by atoms with Crippen LogP contribution in [0.4, 0.5) is 0 Å². The van der Waals surface area contributed by atoms with E-state index in [4.69, 9.17) is 4.98 Å². The molecular formula is C11H19N3S. The number of rotatable bonds is 4. The second-order valence-electron chi connectivity index (χ2n) is 3.95. The number of thiazole rings is 1. The maximum absolute atomic E-state index is 4.71. The van der Waals surface area contributed by atoms with Gasteiger partial charge in [0.25, 0.3) is 0 Å². The van der Waals surface area contributed by atoms with Crippen molar-refractivity contribution in [3.63, 3.8) is 0 Å². The van der Waals surface area contributed by atoms with E-state index in [0.29, 0.717) is 0 Å². The number of likely N-dealkylation sites (N-methyl/N-ethyl adjacent to an activating group) is 2. The molecule has 84 valence electrons. The zero-order chi connectivity index (χ0) is 10.7. The minimum atomic E-state index is 1.03. The van der Waals surface area contributed by atoms with Crippen molar-refractivity contribution in [2.45, 2.75) is 26.3 Å². The molecule has 0 aliphatic carbocycles. The Labute approximate surface area is 95.5 Å². The lowest BCUT2D eigenvalue weighted by Gasteiger charge is -2.23. The first-order valence-corrected chi connectivity index (χ1v) is 6.49. The van der Waals surface area contributed by atoms with Crippen molar-refractivity contribution in [3.8, 4) is 0 Å². The highest BCUT2D eigenvalue weighted by molar-refractivity contribution is 7.11. The molecule has 15 heavy (non-hydrogen) atoms. The lowest BCUT2D eigenvalue weighted by molar-refractivity contribution is 0.269. The molecule has 1 aromatic heterocycles. The molecule has 0 bridgehead atoms. The van der Waals surface area contributed by atoms with Crippen LogP contribution >= 0.6 is 11.3 Å². The quantitative estimate of drug-likeness (QED) is 0.837. The van der Waals surface area contributed by atoms with Crippen molar-refractivity contribution in [3.05, 3.63) is 15.6 Å². The van der Waals surface area contributed by atoms with E-state index in [1.165, 1.54) is 22.1 Å². The maximum atomic E-state index is 4.71. The van der Waals surface area contributed by atoms with E-state index in [-0.39, 0.29) is 0 Å². The second kappa shape index (κ2) is 5.05. The monoisotopic (exact) mass is 225 g/mol. The summed E-state index contributed by atoms with van der Waals surface area (Å²) < 4.78 is 0. The summed E-state index contributed by atoms with van der Waals surface area (Å²) in [4.78, 5) is 8.69. The van der Waals surface area contributed by atoms with E-state index < -0.39 is 0 Å². The number of hydrogen-bond donors (Lipinski definition) is 1. The summed E-state index contributed by atoms with van der Waals surface area (Å²) in [7, 11) is 1.99. The lowest BCUT2D eigenvalue weighted by atomic mass is 10.2. The van der Waals surface area contributed by atoms with Crippen molar-refractivity contribution in [2.75, 3.05) is 26.7 Å². The Kier molecular flexibility index (Phi) is 3.72. The number of hydrogen-bond acceptors (Lipinski definition) is 4. The number of nitrogens with zero attached hydrogens (tertiary/aromatic N) is 2. The van der Waals surface area contributed by atoms with Gasteiger partial charge in [-0.15, -0.1) is 11.3 Å². The first kappa shape index (κ1) is 11.0. The maximum Gasteiger partial charge on any atom is 0.0944 e. The summed E-state index contributed by atoms with van der Waals surface area (Å²) in [6.07, 6.45) is 2.21. The van der Waals surface area contributed by atoms with Crippen LogP contribution in [-0.4, -0.2) is 36.6 Å². The van der Waals surface area contributed by atoms with Crippen molar-refractivity contribution in [2.24, 2.45) is 0 Å². The van der Waals surface area contributed by atoms with E-state index in [1.54, 1.807) is 0 Å². The minimum absolute atomic E-state index is 1.03. The van der Waals surface area contributed by atoms with Gasteiger partial charge in [-0.3, -0.25) is 4.90 Å². The van der Waals surface area contributed by atoms with E-state index in [9.17, 15) is 0 Å². The van der Waals surface area contributed by atoms with Gasteiger partial charge in [-0.25, -0.2) is 4.98 Å². The zero-order valence-corrected chi connectivity index (χ0v) is 10.4. The molecule has 0 saturated heterocycles. The topological polar surface area (TPSA) is 28.2 Å². The van der Waals surface area contributed by atoms with Gasteiger partial charge in [0.1, 0.15) is 0 Å². The average Bonchev–Trinajstić information content (AvgIpc) is 2.67. The van der Waals surface area contributed by atoms with E-state index in [2.05, 4.69) is 17.1 Å². The SMILES string of the molecule is CCN1CCc2nc(CCNC)sc2C1. The summed E-state index contributed by atoms with van der Waals surface area (Å²) in [6, 6.07) is 0. The summed E-state index contributed by atoms with van der Waals surface area (Å²) in [5.41, 5.74) is 1.36.